The molecule has 2 rings (SSSR count). The quantitative estimate of drug-likeness (QED) is 0.659. The van der Waals surface area contributed by atoms with Crippen molar-refractivity contribution in [3.63, 3.8) is 0 Å². The second-order valence-corrected chi connectivity index (χ2v) is 4.37. The molecule has 0 amide bonds. The molecular weight excluding hydrogens is 170 g/mol. The van der Waals surface area contributed by atoms with E-state index in [-0.39, 0.29) is 0 Å². The van der Waals surface area contributed by atoms with Crippen molar-refractivity contribution in [2.75, 3.05) is 17.6 Å². The van der Waals surface area contributed by atoms with Gasteiger partial charge >= 0.3 is 0 Å². The van der Waals surface area contributed by atoms with Crippen molar-refractivity contribution in [3.05, 3.63) is 24.3 Å². The van der Waals surface area contributed by atoms with Crippen LogP contribution in [0.5, 0.6) is 0 Å². The smallest absolute Gasteiger partial charge is 0.0619 e. The Kier molecular flexibility index (Phi) is 2.13. The van der Waals surface area contributed by atoms with Gasteiger partial charge in [0.1, 0.15) is 0 Å². The van der Waals surface area contributed by atoms with E-state index in [4.69, 9.17) is 0 Å². The van der Waals surface area contributed by atoms with Gasteiger partial charge in [0.2, 0.25) is 0 Å². The van der Waals surface area contributed by atoms with E-state index in [1.807, 2.05) is 24.3 Å². The molecule has 0 radical (unpaired) electrons. The van der Waals surface area contributed by atoms with Crippen LogP contribution in [0.2, 0.25) is 0 Å². The summed E-state index contributed by atoms with van der Waals surface area (Å²) in [5.74, 6) is 0.782. The van der Waals surface area contributed by atoms with Crippen molar-refractivity contribution in [1.29, 1.82) is 0 Å². The van der Waals surface area contributed by atoms with Gasteiger partial charge in [-0.25, -0.2) is 0 Å². The second kappa shape index (κ2) is 3.27. The summed E-state index contributed by atoms with van der Waals surface area (Å²) in [7, 11) is -0.795. The molecule has 1 atom stereocenters. The second-order valence-electron chi connectivity index (χ2n) is 2.83. The number of fused-ring (bicyclic) bond motifs is 1. The maximum atomic E-state index is 11.6. The molecule has 12 heavy (non-hydrogen) atoms. The van der Waals surface area contributed by atoms with Gasteiger partial charge in [0.05, 0.1) is 21.4 Å². The molecule has 1 heterocycles. The van der Waals surface area contributed by atoms with Gasteiger partial charge in [0.25, 0.3) is 0 Å². The molecule has 64 valence electrons. The topological polar surface area (TPSA) is 29.1 Å². The Morgan fingerprint density at radius 1 is 1.33 bits per heavy atom. The first kappa shape index (κ1) is 7.80. The monoisotopic (exact) mass is 181 g/mol. The fourth-order valence-corrected chi connectivity index (χ4v) is 2.59. The highest BCUT2D eigenvalue weighted by Crippen LogP contribution is 2.21. The van der Waals surface area contributed by atoms with Crippen LogP contribution >= 0.6 is 0 Å². The Labute approximate surface area is 74.4 Å². The zero-order chi connectivity index (χ0) is 8.39. The van der Waals surface area contributed by atoms with Crippen molar-refractivity contribution < 1.29 is 4.21 Å². The van der Waals surface area contributed by atoms with Crippen LogP contribution in [-0.2, 0) is 10.8 Å². The van der Waals surface area contributed by atoms with E-state index in [0.29, 0.717) is 0 Å². The molecular formula is C9H11NOS. The average Bonchev–Trinajstić information content (AvgIpc) is 2.29. The van der Waals surface area contributed by atoms with Crippen LogP contribution in [0.3, 0.4) is 0 Å². The van der Waals surface area contributed by atoms with E-state index in [2.05, 4.69) is 5.32 Å². The predicted molar refractivity (Wildman–Crippen MR) is 50.8 cm³/mol. The lowest BCUT2D eigenvalue weighted by Crippen LogP contribution is -1.99. The molecule has 1 aliphatic rings. The molecule has 0 fully saturated rings. The first-order valence-electron chi connectivity index (χ1n) is 4.09. The van der Waals surface area contributed by atoms with Crippen LogP contribution in [0.25, 0.3) is 0 Å². The Balaban J connectivity index is 2.46. The zero-order valence-corrected chi connectivity index (χ0v) is 7.56. The van der Waals surface area contributed by atoms with Gasteiger partial charge in [0, 0.05) is 12.3 Å². The third-order valence-electron chi connectivity index (χ3n) is 1.95. The number of rotatable bonds is 0. The minimum Gasteiger partial charge on any atom is -0.384 e. The normalized spacial score (nSPS) is 22.2. The molecule has 0 saturated heterocycles. The minimum absolute atomic E-state index is 0.782. The molecule has 0 saturated carbocycles. The molecule has 1 aromatic rings. The van der Waals surface area contributed by atoms with Crippen LogP contribution in [-0.4, -0.2) is 16.5 Å². The first-order chi connectivity index (χ1) is 5.88. The highest BCUT2D eigenvalue weighted by atomic mass is 32.2. The zero-order valence-electron chi connectivity index (χ0n) is 6.75. The Hall–Kier alpha value is -0.830. The van der Waals surface area contributed by atoms with Gasteiger partial charge in [-0.1, -0.05) is 12.1 Å². The molecule has 2 nitrogen and oxygen atoms in total. The highest BCUT2D eigenvalue weighted by molar-refractivity contribution is 7.85. The highest BCUT2D eigenvalue weighted by Gasteiger charge is 2.11. The predicted octanol–water partition coefficient (Wildman–Crippen LogP) is 1.61. The van der Waals surface area contributed by atoms with Crippen LogP contribution in [0, 0.1) is 0 Å². The number of hydrogen-bond acceptors (Lipinski definition) is 2. The lowest BCUT2D eigenvalue weighted by molar-refractivity contribution is 0.682. The standard InChI is InChI=1S/C9H11NOS/c11-12-7-3-6-10-8-4-1-2-5-9(8)12/h1-2,4-5,10H,3,6-7H2/t12-/m1/s1. The maximum Gasteiger partial charge on any atom is 0.0619 e. The van der Waals surface area contributed by atoms with Crippen molar-refractivity contribution in [2.24, 2.45) is 0 Å². The van der Waals surface area contributed by atoms with Crippen LogP contribution < -0.4 is 5.32 Å². The summed E-state index contributed by atoms with van der Waals surface area (Å²) in [4.78, 5) is 0.954. The van der Waals surface area contributed by atoms with E-state index in [1.54, 1.807) is 0 Å². The fourth-order valence-electron chi connectivity index (χ4n) is 1.35. The summed E-state index contributed by atoms with van der Waals surface area (Å²) in [6.45, 7) is 0.933. The summed E-state index contributed by atoms with van der Waals surface area (Å²) in [6, 6.07) is 7.82. The first-order valence-corrected chi connectivity index (χ1v) is 5.41. The third-order valence-corrected chi connectivity index (χ3v) is 3.46. The summed E-state index contributed by atoms with van der Waals surface area (Å²) < 4.78 is 11.6. The van der Waals surface area contributed by atoms with Crippen molar-refractivity contribution in [3.8, 4) is 0 Å². The lowest BCUT2D eigenvalue weighted by atomic mass is 10.3. The van der Waals surface area contributed by atoms with Gasteiger partial charge < -0.3 is 5.32 Å². The number of nitrogens with one attached hydrogen (secondary N) is 1. The molecule has 0 spiro atoms. The third kappa shape index (κ3) is 1.37. The Bertz CT molecular complexity index is 311. The van der Waals surface area contributed by atoms with Crippen LogP contribution in [0.15, 0.2) is 29.2 Å². The fraction of sp³-hybridized carbons (Fsp3) is 0.333. The average molecular weight is 181 g/mol. The molecule has 1 N–H and O–H groups in total. The summed E-state index contributed by atoms with van der Waals surface area (Å²) in [6.07, 6.45) is 0.987. The summed E-state index contributed by atoms with van der Waals surface area (Å²) >= 11 is 0. The summed E-state index contributed by atoms with van der Waals surface area (Å²) in [5.41, 5.74) is 1.04. The van der Waals surface area contributed by atoms with E-state index in [0.717, 1.165) is 29.3 Å². The Morgan fingerprint density at radius 2 is 2.17 bits per heavy atom. The maximum absolute atomic E-state index is 11.6. The number of para-hydroxylation sites is 1. The van der Waals surface area contributed by atoms with Gasteiger partial charge in [-0.15, -0.1) is 0 Å². The van der Waals surface area contributed by atoms with Gasteiger partial charge in [-0.05, 0) is 18.6 Å². The molecule has 0 unspecified atom stereocenters. The van der Waals surface area contributed by atoms with E-state index >= 15 is 0 Å². The van der Waals surface area contributed by atoms with Gasteiger partial charge in [0.15, 0.2) is 0 Å². The molecule has 0 aliphatic carbocycles. The molecule has 3 heteroatoms. The molecule has 1 aromatic carbocycles. The van der Waals surface area contributed by atoms with Crippen molar-refractivity contribution in [1.82, 2.24) is 0 Å². The van der Waals surface area contributed by atoms with Gasteiger partial charge in [-0.3, -0.25) is 4.21 Å². The molecule has 0 bridgehead atoms. The molecule has 1 aliphatic heterocycles. The van der Waals surface area contributed by atoms with Crippen LogP contribution in [0.1, 0.15) is 6.42 Å². The van der Waals surface area contributed by atoms with Crippen molar-refractivity contribution in [2.45, 2.75) is 11.3 Å². The largest absolute Gasteiger partial charge is 0.384 e. The number of hydrogen-bond donors (Lipinski definition) is 1. The van der Waals surface area contributed by atoms with E-state index in [1.165, 1.54) is 0 Å². The number of benzene rings is 1. The minimum atomic E-state index is -0.795. The van der Waals surface area contributed by atoms with E-state index in [9.17, 15) is 4.21 Å². The number of anilines is 1. The van der Waals surface area contributed by atoms with Crippen LogP contribution in [0.4, 0.5) is 5.69 Å². The van der Waals surface area contributed by atoms with Crippen molar-refractivity contribution >= 4 is 16.5 Å². The van der Waals surface area contributed by atoms with E-state index < -0.39 is 10.8 Å². The Morgan fingerprint density at radius 3 is 3.08 bits per heavy atom. The van der Waals surface area contributed by atoms with Gasteiger partial charge in [-0.2, -0.15) is 0 Å². The lowest BCUT2D eigenvalue weighted by Gasteiger charge is -2.04. The summed E-state index contributed by atoms with van der Waals surface area (Å²) in [5, 5.41) is 3.26. The SMILES string of the molecule is O=[S@@]1CCCNc2ccccc21. The molecule has 0 aromatic heterocycles.